The lowest BCUT2D eigenvalue weighted by molar-refractivity contribution is 0.211. The first kappa shape index (κ1) is 24.1. The first-order chi connectivity index (χ1) is 16.2. The number of nitrogens with zero attached hydrogens (tertiary/aromatic N) is 3. The quantitative estimate of drug-likeness (QED) is 0.534. The average Bonchev–Trinajstić information content (AvgIpc) is 2.83. The Morgan fingerprint density at radius 1 is 1.24 bits per heavy atom. The summed E-state index contributed by atoms with van der Waals surface area (Å²) in [5, 5.41) is 7.03. The number of ether oxygens (including phenoxy) is 2. The second kappa shape index (κ2) is 9.30. The molecule has 3 heterocycles. The Labute approximate surface area is 200 Å². The van der Waals surface area contributed by atoms with Crippen molar-refractivity contribution < 1.29 is 17.9 Å². The summed E-state index contributed by atoms with van der Waals surface area (Å²) in [5.74, 6) is 1.82. The molecule has 2 aliphatic rings. The Kier molecular flexibility index (Phi) is 6.59. The lowest BCUT2D eigenvalue weighted by Crippen LogP contribution is -2.46. The zero-order valence-electron chi connectivity index (χ0n) is 20.0. The van der Waals surface area contributed by atoms with E-state index in [4.69, 9.17) is 15.2 Å². The summed E-state index contributed by atoms with van der Waals surface area (Å²) in [5.41, 5.74) is 8.19. The molecule has 0 radical (unpaired) electrons. The van der Waals surface area contributed by atoms with Crippen LogP contribution < -0.4 is 25.8 Å². The molecule has 184 valence electrons. The van der Waals surface area contributed by atoms with Crippen molar-refractivity contribution in [1.29, 1.82) is 0 Å². The third-order valence-electron chi connectivity index (χ3n) is 6.63. The first-order valence-corrected chi connectivity index (χ1v) is 13.0. The van der Waals surface area contributed by atoms with Crippen LogP contribution in [0.4, 0.5) is 11.8 Å². The summed E-state index contributed by atoms with van der Waals surface area (Å²) in [7, 11) is 1.44. The molecule has 4 N–H and O–H groups in total. The number of piperidine rings is 1. The highest BCUT2D eigenvalue weighted by atomic mass is 32.2. The zero-order chi connectivity index (χ0) is 24.5. The Morgan fingerprint density at radius 2 is 1.97 bits per heavy atom. The van der Waals surface area contributed by atoms with Crippen molar-refractivity contribution in [2.24, 2.45) is 5.41 Å². The van der Waals surface area contributed by atoms with Crippen molar-refractivity contribution in [2.45, 2.75) is 19.3 Å². The summed E-state index contributed by atoms with van der Waals surface area (Å²) < 4.78 is 38.5. The minimum absolute atomic E-state index is 0.312. The molecular weight excluding hydrogens is 456 g/mol. The van der Waals surface area contributed by atoms with Crippen LogP contribution in [0.15, 0.2) is 30.0 Å². The van der Waals surface area contributed by atoms with E-state index < -0.39 is 15.4 Å². The smallest absolute Gasteiger partial charge is 0.232 e. The number of methoxy groups -OCH3 is 2. The van der Waals surface area contributed by atoms with Gasteiger partial charge in [0, 0.05) is 35.2 Å². The zero-order valence-corrected chi connectivity index (χ0v) is 20.8. The number of allylic oxidation sites excluding steroid dienone is 3. The van der Waals surface area contributed by atoms with Gasteiger partial charge in [0.25, 0.3) is 0 Å². The number of fused-ring (bicyclic) bond motifs is 1. The van der Waals surface area contributed by atoms with Crippen molar-refractivity contribution in [3.8, 4) is 11.5 Å². The molecule has 0 saturated carbocycles. The second-order valence-corrected chi connectivity index (χ2v) is 10.6. The van der Waals surface area contributed by atoms with E-state index in [2.05, 4.69) is 20.6 Å². The minimum Gasteiger partial charge on any atom is -0.493 e. The van der Waals surface area contributed by atoms with Crippen molar-refractivity contribution in [1.82, 2.24) is 19.6 Å². The molecule has 4 rings (SSSR count). The van der Waals surface area contributed by atoms with Crippen LogP contribution in [0.3, 0.4) is 0 Å². The maximum Gasteiger partial charge on any atom is 0.232 e. The number of nitrogen functional groups attached to an aromatic ring is 1. The number of benzene rings is 1. The van der Waals surface area contributed by atoms with Crippen LogP contribution in [0.2, 0.25) is 0 Å². The molecule has 0 atom stereocenters. The van der Waals surface area contributed by atoms with E-state index >= 15 is 0 Å². The normalized spacial score (nSPS) is 18.0. The van der Waals surface area contributed by atoms with Gasteiger partial charge in [-0.15, -0.1) is 0 Å². The van der Waals surface area contributed by atoms with E-state index in [1.54, 1.807) is 27.3 Å². The average molecular weight is 489 g/mol. The highest BCUT2D eigenvalue weighted by Crippen LogP contribution is 2.48. The SMILES string of the molecule is CNc1nc(N)c2c(CC3(C4=CC=CCN4S(C)(=O)=O)CCNCC3)c(OC)c(OC)cc2n1. The van der Waals surface area contributed by atoms with Crippen molar-refractivity contribution in [3.05, 3.63) is 35.6 Å². The Balaban J connectivity index is 1.97. The molecule has 1 saturated heterocycles. The van der Waals surface area contributed by atoms with Gasteiger partial charge < -0.3 is 25.8 Å². The van der Waals surface area contributed by atoms with Crippen LogP contribution in [0.1, 0.15) is 18.4 Å². The van der Waals surface area contributed by atoms with Crippen LogP contribution in [-0.4, -0.2) is 69.8 Å². The van der Waals surface area contributed by atoms with Crippen LogP contribution in [0.5, 0.6) is 11.5 Å². The summed E-state index contributed by atoms with van der Waals surface area (Å²) in [6.07, 6.45) is 8.94. The van der Waals surface area contributed by atoms with Gasteiger partial charge in [-0.2, -0.15) is 4.98 Å². The first-order valence-electron chi connectivity index (χ1n) is 11.2. The monoisotopic (exact) mass is 488 g/mol. The maximum absolute atomic E-state index is 12.7. The Hall–Kier alpha value is -3.05. The van der Waals surface area contributed by atoms with Gasteiger partial charge in [0.2, 0.25) is 16.0 Å². The van der Waals surface area contributed by atoms with E-state index in [1.165, 1.54) is 10.6 Å². The van der Waals surface area contributed by atoms with Crippen molar-refractivity contribution in [2.75, 3.05) is 58.2 Å². The third kappa shape index (κ3) is 4.25. The molecule has 0 unspecified atom stereocenters. The Bertz CT molecular complexity index is 1250. The number of hydrogen-bond donors (Lipinski definition) is 3. The lowest BCUT2D eigenvalue weighted by atomic mass is 9.70. The van der Waals surface area contributed by atoms with Gasteiger partial charge in [0.1, 0.15) is 5.82 Å². The third-order valence-corrected chi connectivity index (χ3v) is 7.78. The highest BCUT2D eigenvalue weighted by molar-refractivity contribution is 7.88. The summed E-state index contributed by atoms with van der Waals surface area (Å²) in [6, 6.07) is 1.79. The largest absolute Gasteiger partial charge is 0.493 e. The molecule has 2 aromatic rings. The Morgan fingerprint density at radius 3 is 2.59 bits per heavy atom. The number of nitrogens with two attached hydrogens (primary N) is 1. The molecule has 2 aliphatic heterocycles. The van der Waals surface area contributed by atoms with Crippen LogP contribution in [0.25, 0.3) is 10.9 Å². The topological polar surface area (TPSA) is 132 Å². The molecule has 0 spiro atoms. The standard InChI is InChI=1S/C23H32N6O4S/c1-25-22-27-16-13-17(32-2)20(33-3)15(19(16)21(24)28-22)14-23(8-10-26-11-9-23)18-7-5-6-12-29(18)34(4,30)31/h5-7,13,26H,8-12,14H2,1-4H3,(H3,24,25,27,28). The number of anilines is 2. The number of hydrogen-bond acceptors (Lipinski definition) is 9. The fourth-order valence-electron chi connectivity index (χ4n) is 5.04. The van der Waals surface area contributed by atoms with Crippen LogP contribution in [0, 0.1) is 5.41 Å². The number of rotatable bonds is 7. The highest BCUT2D eigenvalue weighted by Gasteiger charge is 2.42. The molecule has 11 heteroatoms. The fraction of sp³-hybridized carbons (Fsp3) is 0.478. The molecule has 1 aromatic heterocycles. The van der Waals surface area contributed by atoms with E-state index in [1.807, 2.05) is 18.2 Å². The van der Waals surface area contributed by atoms with E-state index in [9.17, 15) is 8.42 Å². The van der Waals surface area contributed by atoms with E-state index in [-0.39, 0.29) is 0 Å². The van der Waals surface area contributed by atoms with E-state index in [0.29, 0.717) is 47.1 Å². The molecular formula is C23H32N6O4S. The van der Waals surface area contributed by atoms with Gasteiger partial charge in [-0.3, -0.25) is 4.31 Å². The molecule has 0 amide bonds. The fourth-order valence-corrected chi connectivity index (χ4v) is 6.01. The van der Waals surface area contributed by atoms with Gasteiger partial charge in [0.05, 0.1) is 32.5 Å². The number of aromatic nitrogens is 2. The molecule has 10 nitrogen and oxygen atoms in total. The van der Waals surface area contributed by atoms with Gasteiger partial charge >= 0.3 is 0 Å². The number of sulfonamides is 1. The van der Waals surface area contributed by atoms with Gasteiger partial charge in [-0.05, 0) is 38.4 Å². The van der Waals surface area contributed by atoms with Gasteiger partial charge in [-0.25, -0.2) is 13.4 Å². The van der Waals surface area contributed by atoms with Gasteiger partial charge in [-0.1, -0.05) is 12.2 Å². The maximum atomic E-state index is 12.7. The van der Waals surface area contributed by atoms with Crippen molar-refractivity contribution >= 4 is 32.7 Å². The lowest BCUT2D eigenvalue weighted by Gasteiger charge is -2.44. The van der Waals surface area contributed by atoms with Gasteiger partial charge in [0.15, 0.2) is 11.5 Å². The predicted octanol–water partition coefficient (Wildman–Crippen LogP) is 1.90. The second-order valence-electron chi connectivity index (χ2n) is 8.65. The van der Waals surface area contributed by atoms with Crippen molar-refractivity contribution in [3.63, 3.8) is 0 Å². The molecule has 1 aromatic carbocycles. The van der Waals surface area contributed by atoms with Crippen LogP contribution >= 0.6 is 0 Å². The minimum atomic E-state index is -3.46. The summed E-state index contributed by atoms with van der Waals surface area (Å²) >= 11 is 0. The molecule has 1 fully saturated rings. The van der Waals surface area contributed by atoms with Crippen LogP contribution in [-0.2, 0) is 16.4 Å². The number of nitrogens with one attached hydrogen (secondary N) is 2. The summed E-state index contributed by atoms with van der Waals surface area (Å²) in [6.45, 7) is 1.84. The molecule has 0 bridgehead atoms. The molecule has 34 heavy (non-hydrogen) atoms. The predicted molar refractivity (Wildman–Crippen MR) is 134 cm³/mol. The van der Waals surface area contributed by atoms with E-state index in [0.717, 1.165) is 37.2 Å². The summed E-state index contributed by atoms with van der Waals surface area (Å²) in [4.78, 5) is 9.01. The molecule has 0 aliphatic carbocycles.